The first-order chi connectivity index (χ1) is 10.5. The summed E-state index contributed by atoms with van der Waals surface area (Å²) in [7, 11) is 0. The van der Waals surface area contributed by atoms with Crippen molar-refractivity contribution in [1.82, 2.24) is 5.32 Å². The van der Waals surface area contributed by atoms with E-state index in [1.165, 1.54) is 24.6 Å². The Morgan fingerprint density at radius 1 is 1.23 bits per heavy atom. The largest absolute Gasteiger partial charge is 0.353 e. The molecular formula is C16H21ClN2O2S. The third kappa shape index (κ3) is 5.54. The predicted molar refractivity (Wildman–Crippen MR) is 92.5 cm³/mol. The van der Waals surface area contributed by atoms with Crippen molar-refractivity contribution in [3.63, 3.8) is 0 Å². The van der Waals surface area contributed by atoms with Gasteiger partial charge in [-0.05, 0) is 43.5 Å². The van der Waals surface area contributed by atoms with E-state index in [2.05, 4.69) is 10.6 Å². The van der Waals surface area contributed by atoms with E-state index in [0.29, 0.717) is 16.8 Å². The Morgan fingerprint density at radius 2 is 1.91 bits per heavy atom. The maximum absolute atomic E-state index is 11.9. The molecule has 22 heavy (non-hydrogen) atoms. The Balaban J connectivity index is 1.67. The number of aryl methyl sites for hydroxylation is 1. The molecule has 2 rings (SSSR count). The number of anilines is 1. The van der Waals surface area contributed by atoms with Gasteiger partial charge in [-0.15, -0.1) is 11.8 Å². The van der Waals surface area contributed by atoms with Crippen molar-refractivity contribution in [2.45, 2.75) is 38.6 Å². The van der Waals surface area contributed by atoms with Crippen molar-refractivity contribution < 1.29 is 9.59 Å². The Bertz CT molecular complexity index is 545. The number of rotatable bonds is 6. The summed E-state index contributed by atoms with van der Waals surface area (Å²) in [6.07, 6.45) is 4.54. The van der Waals surface area contributed by atoms with Crippen LogP contribution < -0.4 is 10.6 Å². The number of benzene rings is 1. The highest BCUT2D eigenvalue weighted by Gasteiger charge is 2.17. The molecule has 2 amide bonds. The molecule has 1 aromatic carbocycles. The molecule has 0 saturated heterocycles. The van der Waals surface area contributed by atoms with Crippen LogP contribution in [0.4, 0.5) is 5.69 Å². The third-order valence-corrected chi connectivity index (χ3v) is 4.82. The average Bonchev–Trinajstić information content (AvgIpc) is 2.95. The van der Waals surface area contributed by atoms with Crippen molar-refractivity contribution in [1.29, 1.82) is 0 Å². The van der Waals surface area contributed by atoms with Gasteiger partial charge in [-0.3, -0.25) is 9.59 Å². The van der Waals surface area contributed by atoms with Gasteiger partial charge < -0.3 is 10.6 Å². The second kappa shape index (κ2) is 8.44. The summed E-state index contributed by atoms with van der Waals surface area (Å²) in [5, 5.41) is 6.49. The van der Waals surface area contributed by atoms with Crippen LogP contribution >= 0.6 is 23.4 Å². The van der Waals surface area contributed by atoms with E-state index >= 15 is 0 Å². The number of carbonyl (C=O) groups is 2. The molecule has 0 bridgehead atoms. The topological polar surface area (TPSA) is 58.2 Å². The number of nitrogens with one attached hydrogen (secondary N) is 2. The number of hydrogen-bond acceptors (Lipinski definition) is 3. The van der Waals surface area contributed by atoms with Gasteiger partial charge in [-0.1, -0.05) is 24.4 Å². The van der Waals surface area contributed by atoms with Crippen molar-refractivity contribution in [3.8, 4) is 0 Å². The lowest BCUT2D eigenvalue weighted by Crippen LogP contribution is -2.34. The fourth-order valence-corrected chi connectivity index (χ4v) is 3.38. The molecule has 120 valence electrons. The van der Waals surface area contributed by atoms with Gasteiger partial charge in [0.2, 0.25) is 11.8 Å². The van der Waals surface area contributed by atoms with Crippen molar-refractivity contribution in [2.75, 3.05) is 16.8 Å². The SMILES string of the molecule is Cc1cc(Cl)ccc1NC(=O)CSCC(=O)NC1CCCC1. The maximum atomic E-state index is 11.9. The third-order valence-electron chi connectivity index (χ3n) is 3.65. The summed E-state index contributed by atoms with van der Waals surface area (Å²) in [6, 6.07) is 5.66. The molecule has 0 atom stereocenters. The van der Waals surface area contributed by atoms with Gasteiger partial charge in [0.25, 0.3) is 0 Å². The highest BCUT2D eigenvalue weighted by Crippen LogP contribution is 2.20. The van der Waals surface area contributed by atoms with Crippen LogP contribution in [0.5, 0.6) is 0 Å². The number of amides is 2. The molecule has 0 radical (unpaired) electrons. The summed E-state index contributed by atoms with van der Waals surface area (Å²) in [5.74, 6) is 0.500. The van der Waals surface area contributed by atoms with Crippen LogP contribution in [-0.4, -0.2) is 29.4 Å². The predicted octanol–water partition coefficient (Wildman–Crippen LogP) is 3.38. The normalized spacial score (nSPS) is 14.8. The van der Waals surface area contributed by atoms with Crippen molar-refractivity contribution >= 4 is 40.9 Å². The Kier molecular flexibility index (Phi) is 6.58. The van der Waals surface area contributed by atoms with E-state index in [9.17, 15) is 9.59 Å². The number of halogens is 1. The smallest absolute Gasteiger partial charge is 0.234 e. The first-order valence-electron chi connectivity index (χ1n) is 7.47. The molecule has 1 fully saturated rings. The molecule has 1 aliphatic carbocycles. The zero-order valence-electron chi connectivity index (χ0n) is 12.7. The van der Waals surface area contributed by atoms with E-state index in [0.717, 1.165) is 24.1 Å². The monoisotopic (exact) mass is 340 g/mol. The van der Waals surface area contributed by atoms with E-state index in [1.54, 1.807) is 18.2 Å². The quantitative estimate of drug-likeness (QED) is 0.834. The zero-order chi connectivity index (χ0) is 15.9. The van der Waals surface area contributed by atoms with Crippen LogP contribution in [0.25, 0.3) is 0 Å². The highest BCUT2D eigenvalue weighted by molar-refractivity contribution is 8.00. The first-order valence-corrected chi connectivity index (χ1v) is 9.01. The van der Waals surface area contributed by atoms with Crippen LogP contribution in [0.1, 0.15) is 31.2 Å². The van der Waals surface area contributed by atoms with E-state index in [1.807, 2.05) is 6.92 Å². The highest BCUT2D eigenvalue weighted by atomic mass is 35.5. The number of thioether (sulfide) groups is 1. The number of carbonyl (C=O) groups excluding carboxylic acids is 2. The van der Waals surface area contributed by atoms with Crippen LogP contribution in [0.3, 0.4) is 0 Å². The molecule has 1 aromatic rings. The average molecular weight is 341 g/mol. The zero-order valence-corrected chi connectivity index (χ0v) is 14.2. The Hall–Kier alpha value is -1.20. The van der Waals surface area contributed by atoms with Crippen LogP contribution in [0.15, 0.2) is 18.2 Å². The van der Waals surface area contributed by atoms with Gasteiger partial charge >= 0.3 is 0 Å². The summed E-state index contributed by atoms with van der Waals surface area (Å²) in [4.78, 5) is 23.6. The minimum absolute atomic E-state index is 0.0207. The molecule has 0 heterocycles. The maximum Gasteiger partial charge on any atom is 0.234 e. The van der Waals surface area contributed by atoms with Crippen molar-refractivity contribution in [3.05, 3.63) is 28.8 Å². The molecule has 4 nitrogen and oxygen atoms in total. The van der Waals surface area contributed by atoms with E-state index in [4.69, 9.17) is 11.6 Å². The molecular weight excluding hydrogens is 320 g/mol. The number of hydrogen-bond donors (Lipinski definition) is 2. The van der Waals surface area contributed by atoms with Gasteiger partial charge in [0.05, 0.1) is 11.5 Å². The molecule has 0 unspecified atom stereocenters. The molecule has 6 heteroatoms. The molecule has 1 saturated carbocycles. The van der Waals surface area contributed by atoms with Gasteiger partial charge in [0.1, 0.15) is 0 Å². The van der Waals surface area contributed by atoms with E-state index < -0.39 is 0 Å². The molecule has 2 N–H and O–H groups in total. The van der Waals surface area contributed by atoms with Gasteiger partial charge in [0.15, 0.2) is 0 Å². The van der Waals surface area contributed by atoms with E-state index in [-0.39, 0.29) is 17.6 Å². The summed E-state index contributed by atoms with van der Waals surface area (Å²) >= 11 is 7.21. The summed E-state index contributed by atoms with van der Waals surface area (Å²) in [5.41, 5.74) is 1.68. The molecule has 0 aliphatic heterocycles. The second-order valence-electron chi connectivity index (χ2n) is 5.55. The van der Waals surface area contributed by atoms with Crippen LogP contribution in [0.2, 0.25) is 5.02 Å². The fraction of sp³-hybridized carbons (Fsp3) is 0.500. The van der Waals surface area contributed by atoms with Gasteiger partial charge in [0, 0.05) is 16.8 Å². The lowest BCUT2D eigenvalue weighted by atomic mass is 10.2. The van der Waals surface area contributed by atoms with Gasteiger partial charge in [-0.25, -0.2) is 0 Å². The second-order valence-corrected chi connectivity index (χ2v) is 6.97. The standard InChI is InChI=1S/C16H21ClN2O2S/c1-11-8-12(17)6-7-14(11)19-16(21)10-22-9-15(20)18-13-4-2-3-5-13/h6-8,13H,2-5,9-10H2,1H3,(H,18,20)(H,19,21). The van der Waals surface area contributed by atoms with Crippen LogP contribution in [0, 0.1) is 6.92 Å². The molecule has 1 aliphatic rings. The lowest BCUT2D eigenvalue weighted by molar-refractivity contribution is -0.119. The van der Waals surface area contributed by atoms with Crippen LogP contribution in [-0.2, 0) is 9.59 Å². The molecule has 0 spiro atoms. The Morgan fingerprint density at radius 3 is 2.59 bits per heavy atom. The van der Waals surface area contributed by atoms with Gasteiger partial charge in [-0.2, -0.15) is 0 Å². The molecule has 0 aromatic heterocycles. The minimum Gasteiger partial charge on any atom is -0.353 e. The van der Waals surface area contributed by atoms with Crippen molar-refractivity contribution in [2.24, 2.45) is 0 Å². The Labute approximate surface area is 140 Å². The summed E-state index contributed by atoms with van der Waals surface area (Å²) in [6.45, 7) is 1.89. The first kappa shape index (κ1) is 17.2. The lowest BCUT2D eigenvalue weighted by Gasteiger charge is -2.11. The summed E-state index contributed by atoms with van der Waals surface area (Å²) < 4.78 is 0. The fourth-order valence-electron chi connectivity index (χ4n) is 2.53. The minimum atomic E-state index is -0.107.